The van der Waals surface area contributed by atoms with Crippen LogP contribution in [0.3, 0.4) is 0 Å². The van der Waals surface area contributed by atoms with E-state index in [-0.39, 0.29) is 5.24 Å². The van der Waals surface area contributed by atoms with Crippen LogP contribution in [-0.2, 0) is 15.6 Å². The van der Waals surface area contributed by atoms with Gasteiger partial charge in [0.05, 0.1) is 0 Å². The Bertz CT molecular complexity index is 375. The zero-order chi connectivity index (χ0) is 15.8. The van der Waals surface area contributed by atoms with Gasteiger partial charge in [-0.3, -0.25) is 13.8 Å². The highest BCUT2D eigenvalue weighted by molar-refractivity contribution is 9.10. The largest absolute Gasteiger partial charge is 0.347 e. The van der Waals surface area contributed by atoms with Gasteiger partial charge in [-0.2, -0.15) is 0 Å². The lowest BCUT2D eigenvalue weighted by atomic mass is 10.4. The third-order valence-electron chi connectivity index (χ3n) is 1.62. The van der Waals surface area contributed by atoms with Gasteiger partial charge < -0.3 is 5.32 Å². The molecule has 1 atom stereocenters. The van der Waals surface area contributed by atoms with Crippen LogP contribution in [0.4, 0.5) is 4.79 Å². The number of benzene rings is 1. The van der Waals surface area contributed by atoms with Gasteiger partial charge in [0.25, 0.3) is 5.24 Å². The first-order valence-corrected chi connectivity index (χ1v) is 8.97. The van der Waals surface area contributed by atoms with Crippen molar-refractivity contribution in [1.82, 2.24) is 5.32 Å². The lowest BCUT2D eigenvalue weighted by Crippen LogP contribution is -2.19. The normalized spacial score (nSPS) is 10.0. The fraction of sp³-hybridized carbons (Fsp3) is 0.333. The summed E-state index contributed by atoms with van der Waals surface area (Å²) < 4.78 is 11.6. The minimum atomic E-state index is -0.757. The molecule has 0 heterocycles. The van der Waals surface area contributed by atoms with Gasteiger partial charge in [-0.25, -0.2) is 0 Å². The number of rotatable bonds is 4. The van der Waals surface area contributed by atoms with Gasteiger partial charge in [0, 0.05) is 33.8 Å². The van der Waals surface area contributed by atoms with Crippen molar-refractivity contribution in [2.75, 3.05) is 18.6 Å². The maximum atomic E-state index is 10.5. The van der Waals surface area contributed by atoms with E-state index in [4.69, 9.17) is 4.79 Å². The van der Waals surface area contributed by atoms with Crippen LogP contribution < -0.4 is 5.32 Å². The van der Waals surface area contributed by atoms with Crippen LogP contribution in [0.15, 0.2) is 34.8 Å². The van der Waals surface area contributed by atoms with Crippen LogP contribution >= 0.6 is 41.2 Å². The predicted molar refractivity (Wildman–Crippen MR) is 95.8 cm³/mol. The minimum absolute atomic E-state index is 0.332. The summed E-state index contributed by atoms with van der Waals surface area (Å²) in [6.07, 6.45) is 2.39. The molecule has 114 valence electrons. The predicted octanol–water partition coefficient (Wildman–Crippen LogP) is 2.95. The van der Waals surface area contributed by atoms with Crippen molar-refractivity contribution in [3.8, 4) is 0 Å². The van der Waals surface area contributed by atoms with E-state index in [9.17, 15) is 9.00 Å². The highest BCUT2D eigenvalue weighted by Crippen LogP contribution is 2.05. The summed E-state index contributed by atoms with van der Waals surface area (Å²) in [5.74, 6) is 0.633. The molecule has 0 saturated heterocycles. The zero-order valence-corrected chi connectivity index (χ0v) is 15.2. The van der Waals surface area contributed by atoms with Gasteiger partial charge in [-0.15, -0.1) is 12.6 Å². The van der Waals surface area contributed by atoms with Crippen molar-refractivity contribution >= 4 is 62.8 Å². The highest BCUT2D eigenvalue weighted by Gasteiger charge is 1.92. The average Bonchev–Trinajstić information content (AvgIpc) is 2.37. The van der Waals surface area contributed by atoms with Gasteiger partial charge in [0.15, 0.2) is 5.62 Å². The summed E-state index contributed by atoms with van der Waals surface area (Å²) in [7, 11) is -0.757. The van der Waals surface area contributed by atoms with Crippen LogP contribution in [-0.4, -0.2) is 33.6 Å². The molecule has 0 spiro atoms. The van der Waals surface area contributed by atoms with E-state index in [1.165, 1.54) is 0 Å². The van der Waals surface area contributed by atoms with E-state index in [0.29, 0.717) is 17.9 Å². The minimum Gasteiger partial charge on any atom is -0.347 e. The molecule has 0 aromatic heterocycles. The molecule has 1 N–H and O–H groups in total. The smallest absolute Gasteiger partial charge is 0.275 e. The maximum absolute atomic E-state index is 10.5. The number of carbonyl (C=O) groups excluding carboxylic acids is 2. The lowest BCUT2D eigenvalue weighted by Gasteiger charge is -1.97. The molecule has 0 saturated carbocycles. The number of amides is 1. The molecule has 4 nitrogen and oxygen atoms in total. The van der Waals surface area contributed by atoms with E-state index in [0.717, 1.165) is 10.9 Å². The third-order valence-corrected chi connectivity index (χ3v) is 3.17. The Morgan fingerprint density at radius 3 is 2.20 bits per heavy atom. The first kappa shape index (κ1) is 22.0. The molecule has 0 aliphatic heterocycles. The van der Waals surface area contributed by atoms with Crippen molar-refractivity contribution < 1.29 is 13.8 Å². The summed E-state index contributed by atoms with van der Waals surface area (Å²) in [4.78, 5) is 18.8. The Balaban J connectivity index is 0. The number of thiol groups is 2. The van der Waals surface area contributed by atoms with Crippen LogP contribution in [0.25, 0.3) is 0 Å². The van der Waals surface area contributed by atoms with Crippen molar-refractivity contribution in [2.24, 2.45) is 0 Å². The van der Waals surface area contributed by atoms with Gasteiger partial charge in [-0.05, 0) is 18.6 Å². The molecule has 0 bridgehead atoms. The quantitative estimate of drug-likeness (QED) is 0.414. The second-order valence-corrected chi connectivity index (χ2v) is 6.35. The molecule has 1 aromatic carbocycles. The molecule has 1 rings (SSSR count). The molecule has 0 aliphatic carbocycles. The van der Waals surface area contributed by atoms with Crippen LogP contribution in [0.5, 0.6) is 0 Å². The number of carbonyl (C=O) groups is 2. The summed E-state index contributed by atoms with van der Waals surface area (Å²) in [6, 6.07) is 9.97. The van der Waals surface area contributed by atoms with Crippen molar-refractivity contribution in [1.29, 1.82) is 0 Å². The standard InChI is InChI=1S/C6H5Br.C5H11NO2S2.CH2OS/c7-6-4-2-1-3-5-6;1-10(8)4-2-3-6-5(7)9;2-1-3/h1-5H;2-4H2,1H3,(H2,6,7,9);1H,(H,2,3). The molecule has 1 unspecified atom stereocenters. The number of nitrogens with one attached hydrogen (secondary N) is 1. The molecule has 8 heteroatoms. The molecule has 20 heavy (non-hydrogen) atoms. The average molecular weight is 400 g/mol. The van der Waals surface area contributed by atoms with Gasteiger partial charge in [0.2, 0.25) is 0 Å². The Hall–Kier alpha value is -0.310. The fourth-order valence-corrected chi connectivity index (χ4v) is 1.85. The Morgan fingerprint density at radius 2 is 1.90 bits per heavy atom. The van der Waals surface area contributed by atoms with Crippen molar-refractivity contribution in [3.63, 3.8) is 0 Å². The van der Waals surface area contributed by atoms with Crippen molar-refractivity contribution in [2.45, 2.75) is 6.42 Å². The summed E-state index contributed by atoms with van der Waals surface area (Å²) in [5.41, 5.74) is 0.444. The molecule has 0 radical (unpaired) electrons. The highest BCUT2D eigenvalue weighted by atomic mass is 79.9. The molecule has 1 aromatic rings. The van der Waals surface area contributed by atoms with Crippen LogP contribution in [0.1, 0.15) is 6.42 Å². The van der Waals surface area contributed by atoms with E-state index in [2.05, 4.69) is 46.5 Å². The Labute approximate surface area is 141 Å². The zero-order valence-electron chi connectivity index (χ0n) is 11.0. The fourth-order valence-electron chi connectivity index (χ4n) is 0.885. The molecule has 0 aliphatic rings. The van der Waals surface area contributed by atoms with E-state index < -0.39 is 10.8 Å². The van der Waals surface area contributed by atoms with E-state index >= 15 is 0 Å². The molecule has 1 amide bonds. The van der Waals surface area contributed by atoms with Gasteiger partial charge in [0.1, 0.15) is 0 Å². The van der Waals surface area contributed by atoms with Crippen molar-refractivity contribution in [3.05, 3.63) is 34.8 Å². The topological polar surface area (TPSA) is 63.2 Å². The second kappa shape index (κ2) is 16.7. The lowest BCUT2D eigenvalue weighted by molar-refractivity contribution is 0.261. The molecular weight excluding hydrogens is 382 g/mol. The SMILES string of the molecule is Brc1ccccc1.CS(=O)CCCNC(=O)S.O=CS. The summed E-state index contributed by atoms with van der Waals surface area (Å²) in [5, 5.41) is 2.16. The Morgan fingerprint density at radius 1 is 1.40 bits per heavy atom. The number of hydrogen-bond acceptors (Lipinski definition) is 3. The monoisotopic (exact) mass is 399 g/mol. The second-order valence-electron chi connectivity index (χ2n) is 3.26. The molecule has 0 fully saturated rings. The summed E-state index contributed by atoms with van der Waals surface area (Å²) >= 11 is 9.92. The first-order chi connectivity index (χ1) is 9.43. The van der Waals surface area contributed by atoms with Gasteiger partial charge in [-0.1, -0.05) is 46.8 Å². The summed E-state index contributed by atoms with van der Waals surface area (Å²) in [6.45, 7) is 0.557. The number of halogens is 1. The van der Waals surface area contributed by atoms with Crippen LogP contribution in [0.2, 0.25) is 0 Å². The third kappa shape index (κ3) is 22.8. The molecular formula is C12H18BrNO3S3. The van der Waals surface area contributed by atoms with E-state index in [1.54, 1.807) is 6.26 Å². The van der Waals surface area contributed by atoms with Crippen LogP contribution in [0, 0.1) is 0 Å². The first-order valence-electron chi connectivity index (χ1n) is 5.49. The Kier molecular flexibility index (Phi) is 18.4. The van der Waals surface area contributed by atoms with Gasteiger partial charge >= 0.3 is 0 Å². The number of hydrogen-bond donors (Lipinski definition) is 3. The maximum Gasteiger partial charge on any atom is 0.275 e. The van der Waals surface area contributed by atoms with E-state index in [1.807, 2.05) is 30.3 Å².